The van der Waals surface area contributed by atoms with Gasteiger partial charge >= 0.3 is 10.7 Å². The Kier molecular flexibility index (Phi) is 4.28. The Bertz CT molecular complexity index is 137. The first-order valence-electron chi connectivity index (χ1n) is 1.98. The topological polar surface area (TPSA) is 9.23 Å². The summed E-state index contributed by atoms with van der Waals surface area (Å²) in [5.74, 6) is 0. The van der Waals surface area contributed by atoms with E-state index >= 15 is 0 Å². The molecule has 1 nitrogen and oxygen atoms in total. The van der Waals surface area contributed by atoms with Crippen molar-refractivity contribution in [1.82, 2.24) is 0 Å². The molecule has 0 saturated carbocycles. The molecule has 0 heterocycles. The molecule has 0 radical (unpaired) electrons. The monoisotopic (exact) mass is 484 g/mol. The van der Waals surface area contributed by atoms with Crippen molar-refractivity contribution < 1.29 is 26.7 Å². The fourth-order valence-corrected chi connectivity index (χ4v) is 0.252. The molecule has 12 heavy (non-hydrogen) atoms. The van der Waals surface area contributed by atoms with Gasteiger partial charge in [-0.15, -0.1) is 0 Å². The van der Waals surface area contributed by atoms with Gasteiger partial charge in [0.2, 0.25) is 0 Å². The average molecular weight is 485 g/mol. The summed E-state index contributed by atoms with van der Waals surface area (Å²) in [4.78, 5) is 0. The number of hydrogen-bond acceptors (Lipinski definition) is 1. The van der Waals surface area contributed by atoms with Crippen molar-refractivity contribution in [3.8, 4) is 0 Å². The van der Waals surface area contributed by atoms with Gasteiger partial charge in [0.15, 0.2) is 0 Å². The molecule has 0 rings (SSSR count). The maximum absolute atomic E-state index is 12.0. The predicted octanol–water partition coefficient (Wildman–Crippen LogP) is 3.08. The standard InChI is InChI=1S/C3Cl2F5O.Rf/c4-2(8,9)3(5,10)11-1(6)7;/q-1;. The van der Waals surface area contributed by atoms with E-state index in [1.54, 1.807) is 0 Å². The molecule has 0 aliphatic carbocycles. The minimum Gasteiger partial charge on any atom is -0.441 e. The molecule has 0 aromatic rings. The smallest absolute Gasteiger partial charge is 0.391 e. The second-order valence-corrected chi connectivity index (χ2v) is 2.30. The molecule has 1 unspecified atom stereocenters. The van der Waals surface area contributed by atoms with Gasteiger partial charge in [-0.3, -0.25) is 0 Å². The normalized spacial score (nSPS) is 17.0. The Morgan fingerprint density at radius 2 is 1.42 bits per heavy atom. The van der Waals surface area contributed by atoms with Crippen LogP contribution in [0.3, 0.4) is 0 Å². The third-order valence-electron chi connectivity index (χ3n) is 0.535. The Morgan fingerprint density at radius 1 is 1.08 bits per heavy atom. The summed E-state index contributed by atoms with van der Waals surface area (Å²) in [6.45, 7) is -3.04. The van der Waals surface area contributed by atoms with E-state index in [1.807, 2.05) is 0 Å². The van der Waals surface area contributed by atoms with Crippen LogP contribution in [-0.4, -0.2) is 10.7 Å². The van der Waals surface area contributed by atoms with Gasteiger partial charge in [-0.05, 0) is 23.2 Å². The van der Waals surface area contributed by atoms with Crippen LogP contribution >= 0.6 is 23.2 Å². The van der Waals surface area contributed by atoms with E-state index < -0.39 is 17.3 Å². The van der Waals surface area contributed by atoms with Crippen molar-refractivity contribution >= 4 is 23.2 Å². The van der Waals surface area contributed by atoms with Crippen LogP contribution in [0.5, 0.6) is 0 Å². The van der Waals surface area contributed by atoms with Gasteiger partial charge in [-0.2, -0.15) is 13.2 Å². The van der Waals surface area contributed by atoms with Crippen molar-refractivity contribution in [2.45, 2.75) is 10.7 Å². The molecular weight excluding hydrogens is 485 g/mol. The van der Waals surface area contributed by atoms with Crippen molar-refractivity contribution in [3.05, 3.63) is 6.61 Å². The van der Waals surface area contributed by atoms with Gasteiger partial charge in [0.1, 0.15) is 6.61 Å². The van der Waals surface area contributed by atoms with E-state index in [0.717, 1.165) is 0 Å². The summed E-state index contributed by atoms with van der Waals surface area (Å²) in [5.41, 5.74) is 0. The number of rotatable bonds is 3. The predicted molar refractivity (Wildman–Crippen MR) is 27.0 cm³/mol. The molecular formula is C3Cl2F5ORf-. The average Bonchev–Trinajstić information content (AvgIpc) is 1.56. The fraction of sp³-hybridized carbons (Fsp3) is 0.667. The molecule has 0 spiro atoms. The van der Waals surface area contributed by atoms with Gasteiger partial charge in [0.05, 0.1) is 0 Å². The van der Waals surface area contributed by atoms with Crippen molar-refractivity contribution in [1.29, 1.82) is 0 Å². The van der Waals surface area contributed by atoms with Gasteiger partial charge in [-0.25, -0.2) is 0 Å². The molecule has 0 bridgehead atoms. The molecule has 0 amide bonds. The Morgan fingerprint density at radius 3 is 1.50 bits per heavy atom. The molecule has 0 saturated heterocycles. The maximum Gasteiger partial charge on any atom is 0.391 e. The summed E-state index contributed by atoms with van der Waals surface area (Å²) in [6, 6.07) is 0. The minimum atomic E-state index is -4.72. The second kappa shape index (κ2) is 3.73. The number of ether oxygens (including phenoxy) is 1. The molecule has 0 aliphatic rings. The van der Waals surface area contributed by atoms with Crippen LogP contribution in [-0.2, 0) is 4.74 Å². The van der Waals surface area contributed by atoms with Crippen molar-refractivity contribution in [2.24, 2.45) is 0 Å². The third-order valence-corrected chi connectivity index (χ3v) is 1.19. The van der Waals surface area contributed by atoms with Gasteiger partial charge in [0, 0.05) is 0 Å². The van der Waals surface area contributed by atoms with E-state index in [2.05, 4.69) is 27.9 Å². The maximum atomic E-state index is 12.0. The number of alkyl halides is 5. The Labute approximate surface area is 68.0 Å². The SMILES string of the molecule is F[C-](F)OC(F)(Cl)C(F)(F)Cl.[Rf]. The third kappa shape index (κ3) is 3.54. The van der Waals surface area contributed by atoms with Gasteiger partial charge in [0.25, 0.3) is 0 Å². The first-order valence-corrected chi connectivity index (χ1v) is 2.74. The Balaban J connectivity index is 0. The zero-order chi connectivity index (χ0) is 9.28. The fourth-order valence-electron chi connectivity index (χ4n) is 0.155. The molecule has 0 fully saturated rings. The van der Waals surface area contributed by atoms with E-state index in [9.17, 15) is 22.0 Å². The molecule has 1 atom stereocenters. The molecule has 0 aliphatic heterocycles. The summed E-state index contributed by atoms with van der Waals surface area (Å²) in [5, 5.41) is -9.15. The number of hydrogen-bond donors (Lipinski definition) is 0. The molecule has 0 aromatic heterocycles. The zero-order valence-electron chi connectivity index (χ0n) is 5.26. The summed E-state index contributed by atoms with van der Waals surface area (Å²) >= 11 is 8.09. The quantitative estimate of drug-likeness (QED) is 0.340. The van der Waals surface area contributed by atoms with Crippen LogP contribution < -0.4 is 0 Å². The van der Waals surface area contributed by atoms with E-state index in [0.29, 0.717) is 0 Å². The summed E-state index contributed by atoms with van der Waals surface area (Å²) in [6.07, 6.45) is 0. The van der Waals surface area contributed by atoms with Crippen LogP contribution in [0.25, 0.3) is 0 Å². The van der Waals surface area contributed by atoms with Crippen molar-refractivity contribution in [3.63, 3.8) is 0 Å². The largest absolute Gasteiger partial charge is 0.441 e. The van der Waals surface area contributed by atoms with Crippen molar-refractivity contribution in [2.75, 3.05) is 0 Å². The minimum absolute atomic E-state index is 0. The second-order valence-electron chi connectivity index (χ2n) is 1.34. The van der Waals surface area contributed by atoms with E-state index in [1.165, 1.54) is 0 Å². The molecule has 70 valence electrons. The van der Waals surface area contributed by atoms with E-state index in [-0.39, 0.29) is 0 Å². The van der Waals surface area contributed by atoms with Crippen LogP contribution in [0.4, 0.5) is 22.0 Å². The summed E-state index contributed by atoms with van der Waals surface area (Å²) in [7, 11) is 0. The first kappa shape index (κ1) is 13.8. The van der Waals surface area contributed by atoms with Crippen LogP contribution in [0.1, 0.15) is 0 Å². The number of halogens is 7. The van der Waals surface area contributed by atoms with E-state index in [4.69, 9.17) is 0 Å². The molecule has 0 aromatic carbocycles. The van der Waals surface area contributed by atoms with Gasteiger partial charge in [-0.1, -0.05) is 0 Å². The zero-order valence-corrected chi connectivity index (χ0v) is 13.2. The summed E-state index contributed by atoms with van der Waals surface area (Å²) < 4.78 is 60.0. The Hall–Kier alpha value is -0.810. The van der Waals surface area contributed by atoms with Crippen LogP contribution in [0, 0.1) is 6.61 Å². The van der Waals surface area contributed by atoms with Crippen LogP contribution in [0.15, 0.2) is 0 Å². The molecule has 9 heteroatoms. The van der Waals surface area contributed by atoms with Gasteiger partial charge < -0.3 is 13.5 Å². The molecule has 0 N–H and O–H groups in total. The van der Waals surface area contributed by atoms with Crippen LogP contribution in [0.2, 0.25) is 0 Å². The first-order chi connectivity index (χ1) is 4.67.